The maximum atomic E-state index is 11.4. The lowest BCUT2D eigenvalue weighted by Crippen LogP contribution is -2.30. The molecule has 1 aliphatic carbocycles. The summed E-state index contributed by atoms with van der Waals surface area (Å²) in [5.74, 6) is 2.06. The molecule has 0 atom stereocenters. The first kappa shape index (κ1) is 16.4. The third-order valence-electron chi connectivity index (χ3n) is 3.74. The monoisotopic (exact) mass is 354 g/mol. The van der Waals surface area contributed by atoms with Crippen molar-refractivity contribution in [1.29, 1.82) is 0 Å². The first-order chi connectivity index (χ1) is 11.0. The predicted molar refractivity (Wildman–Crippen MR) is 92.5 cm³/mol. The molecule has 124 valence electrons. The fourth-order valence-electron chi connectivity index (χ4n) is 2.27. The van der Waals surface area contributed by atoms with E-state index < -0.39 is 10.0 Å². The van der Waals surface area contributed by atoms with Gasteiger partial charge in [0.05, 0.1) is 11.3 Å². The molecular formula is C15H19ClN4O2S. The lowest BCUT2D eigenvalue weighted by atomic mass is 10.2. The molecule has 0 amide bonds. The predicted octanol–water partition coefficient (Wildman–Crippen LogP) is 2.51. The van der Waals surface area contributed by atoms with Crippen molar-refractivity contribution in [2.24, 2.45) is 0 Å². The summed E-state index contributed by atoms with van der Waals surface area (Å²) in [5.41, 5.74) is 0.811. The molecule has 0 bridgehead atoms. The van der Waals surface area contributed by atoms with Crippen molar-refractivity contribution in [1.82, 2.24) is 14.7 Å². The Kier molecular flexibility index (Phi) is 4.70. The lowest BCUT2D eigenvalue weighted by Gasteiger charge is -2.11. The largest absolute Gasteiger partial charge is 0.368 e. The summed E-state index contributed by atoms with van der Waals surface area (Å²) in [6, 6.07) is 5.51. The van der Waals surface area contributed by atoms with Gasteiger partial charge >= 0.3 is 0 Å². The number of sulfonamides is 1. The van der Waals surface area contributed by atoms with Crippen molar-refractivity contribution >= 4 is 38.3 Å². The fraction of sp³-hybridized carbons (Fsp3) is 0.467. The summed E-state index contributed by atoms with van der Waals surface area (Å²) in [5, 5.41) is 4.73. The van der Waals surface area contributed by atoms with E-state index in [1.54, 1.807) is 13.0 Å². The second-order valence-electron chi connectivity index (χ2n) is 5.59. The highest BCUT2D eigenvalue weighted by molar-refractivity contribution is 7.89. The second-order valence-corrected chi connectivity index (χ2v) is 8.12. The molecule has 8 heteroatoms. The van der Waals surface area contributed by atoms with Gasteiger partial charge in [0.2, 0.25) is 10.0 Å². The average molecular weight is 355 g/mol. The van der Waals surface area contributed by atoms with Gasteiger partial charge in [0.15, 0.2) is 0 Å². The van der Waals surface area contributed by atoms with Gasteiger partial charge in [-0.3, -0.25) is 0 Å². The van der Waals surface area contributed by atoms with E-state index in [4.69, 9.17) is 11.6 Å². The van der Waals surface area contributed by atoms with Crippen molar-refractivity contribution in [3.63, 3.8) is 0 Å². The van der Waals surface area contributed by atoms with Gasteiger partial charge in [0, 0.05) is 29.4 Å². The summed E-state index contributed by atoms with van der Waals surface area (Å²) >= 11 is 6.05. The van der Waals surface area contributed by atoms with Crippen LogP contribution in [0.5, 0.6) is 0 Å². The number of rotatable bonds is 7. The van der Waals surface area contributed by atoms with Crippen molar-refractivity contribution in [3.05, 3.63) is 29.0 Å². The minimum absolute atomic E-state index is 0.0771. The highest BCUT2D eigenvalue weighted by atomic mass is 35.5. The summed E-state index contributed by atoms with van der Waals surface area (Å²) in [4.78, 5) is 9.20. The van der Waals surface area contributed by atoms with Crippen LogP contribution in [-0.2, 0) is 10.0 Å². The average Bonchev–Trinajstić information content (AvgIpc) is 3.35. The molecule has 0 radical (unpaired) electrons. The van der Waals surface area contributed by atoms with Crippen LogP contribution in [0.1, 0.15) is 31.5 Å². The molecule has 0 unspecified atom stereocenters. The molecule has 1 heterocycles. The molecule has 0 aliphatic heterocycles. The topological polar surface area (TPSA) is 84.0 Å². The fourth-order valence-corrected chi connectivity index (χ4v) is 3.05. The zero-order valence-electron chi connectivity index (χ0n) is 12.8. The molecule has 3 rings (SSSR count). The molecule has 23 heavy (non-hydrogen) atoms. The maximum absolute atomic E-state index is 11.4. The van der Waals surface area contributed by atoms with Gasteiger partial charge in [-0.25, -0.2) is 23.1 Å². The van der Waals surface area contributed by atoms with E-state index in [9.17, 15) is 8.42 Å². The molecule has 1 aromatic carbocycles. The van der Waals surface area contributed by atoms with E-state index in [2.05, 4.69) is 20.0 Å². The molecular weight excluding hydrogens is 336 g/mol. The van der Waals surface area contributed by atoms with Crippen molar-refractivity contribution < 1.29 is 8.42 Å². The van der Waals surface area contributed by atoms with Gasteiger partial charge in [-0.05, 0) is 38.0 Å². The Labute approximate surface area is 140 Å². The number of benzene rings is 1. The Balaban J connectivity index is 1.78. The van der Waals surface area contributed by atoms with Crippen LogP contribution >= 0.6 is 11.6 Å². The highest BCUT2D eigenvalue weighted by Crippen LogP contribution is 2.39. The molecule has 1 aliphatic rings. The Morgan fingerprint density at radius 1 is 1.26 bits per heavy atom. The number of nitrogens with zero attached hydrogens (tertiary/aromatic N) is 2. The van der Waals surface area contributed by atoms with E-state index in [0.29, 0.717) is 24.0 Å². The van der Waals surface area contributed by atoms with Crippen LogP contribution in [0, 0.1) is 0 Å². The molecule has 0 saturated heterocycles. The molecule has 2 aromatic rings. The van der Waals surface area contributed by atoms with Crippen molar-refractivity contribution in [2.75, 3.05) is 24.2 Å². The Hall–Kier alpha value is -1.44. The minimum atomic E-state index is -3.17. The molecule has 2 N–H and O–H groups in total. The molecule has 6 nitrogen and oxygen atoms in total. The standard InChI is InChI=1S/C15H19ClN4O2S/c1-2-23(21,22)18-8-7-17-15-12-6-5-11(16)9-13(12)19-14(20-15)10-3-4-10/h5-6,9-10,18H,2-4,7-8H2,1H3,(H,17,19,20). The summed E-state index contributed by atoms with van der Waals surface area (Å²) in [6.45, 7) is 2.38. The Bertz CT molecular complexity index is 822. The van der Waals surface area contributed by atoms with Gasteiger partial charge < -0.3 is 5.32 Å². The van der Waals surface area contributed by atoms with Crippen molar-refractivity contribution in [3.8, 4) is 0 Å². The zero-order chi connectivity index (χ0) is 16.4. The minimum Gasteiger partial charge on any atom is -0.368 e. The van der Waals surface area contributed by atoms with E-state index in [0.717, 1.165) is 35.4 Å². The number of hydrogen-bond donors (Lipinski definition) is 2. The van der Waals surface area contributed by atoms with Crippen molar-refractivity contribution in [2.45, 2.75) is 25.7 Å². The van der Waals surface area contributed by atoms with Gasteiger partial charge in [0.1, 0.15) is 11.6 Å². The summed E-state index contributed by atoms with van der Waals surface area (Å²) in [6.07, 6.45) is 2.23. The SMILES string of the molecule is CCS(=O)(=O)NCCNc1nc(C2CC2)nc2cc(Cl)ccc12. The number of halogens is 1. The number of aromatic nitrogens is 2. The van der Waals surface area contributed by atoms with Gasteiger partial charge in [-0.15, -0.1) is 0 Å². The maximum Gasteiger partial charge on any atom is 0.211 e. The van der Waals surface area contributed by atoms with Crippen LogP contribution in [0.4, 0.5) is 5.82 Å². The van der Waals surface area contributed by atoms with Gasteiger partial charge in [-0.1, -0.05) is 11.6 Å². The van der Waals surface area contributed by atoms with Crippen LogP contribution < -0.4 is 10.0 Å². The van der Waals surface area contributed by atoms with Crippen LogP contribution in [0.2, 0.25) is 5.02 Å². The number of hydrogen-bond acceptors (Lipinski definition) is 5. The first-order valence-electron chi connectivity index (χ1n) is 7.67. The second kappa shape index (κ2) is 6.59. The number of fused-ring (bicyclic) bond motifs is 1. The molecule has 1 aromatic heterocycles. The smallest absolute Gasteiger partial charge is 0.211 e. The van der Waals surface area contributed by atoms with Gasteiger partial charge in [0.25, 0.3) is 0 Å². The third-order valence-corrected chi connectivity index (χ3v) is 5.38. The van der Waals surface area contributed by atoms with Gasteiger partial charge in [-0.2, -0.15) is 0 Å². The van der Waals surface area contributed by atoms with E-state index in [1.165, 1.54) is 0 Å². The molecule has 1 saturated carbocycles. The van der Waals surface area contributed by atoms with E-state index >= 15 is 0 Å². The van der Waals surface area contributed by atoms with Crippen LogP contribution in [-0.4, -0.2) is 37.2 Å². The van der Waals surface area contributed by atoms with E-state index in [-0.39, 0.29) is 5.75 Å². The Morgan fingerprint density at radius 2 is 2.04 bits per heavy atom. The lowest BCUT2D eigenvalue weighted by molar-refractivity contribution is 0.584. The molecule has 0 spiro atoms. The summed E-state index contributed by atoms with van der Waals surface area (Å²) in [7, 11) is -3.17. The van der Waals surface area contributed by atoms with Crippen LogP contribution in [0.15, 0.2) is 18.2 Å². The van der Waals surface area contributed by atoms with E-state index in [1.807, 2.05) is 12.1 Å². The summed E-state index contributed by atoms with van der Waals surface area (Å²) < 4.78 is 25.4. The molecule has 1 fully saturated rings. The third kappa shape index (κ3) is 4.10. The van der Waals surface area contributed by atoms with Crippen LogP contribution in [0.25, 0.3) is 10.9 Å². The van der Waals surface area contributed by atoms with Crippen LogP contribution in [0.3, 0.4) is 0 Å². The highest BCUT2D eigenvalue weighted by Gasteiger charge is 2.27. The Morgan fingerprint density at radius 3 is 2.74 bits per heavy atom. The zero-order valence-corrected chi connectivity index (χ0v) is 14.4. The number of nitrogens with one attached hydrogen (secondary N) is 2. The first-order valence-corrected chi connectivity index (χ1v) is 9.70. The number of anilines is 1. The quantitative estimate of drug-likeness (QED) is 0.746. The normalized spacial score (nSPS) is 15.0.